The Hall–Kier alpha value is -3.13. The molecule has 1 amide bonds. The number of benzene rings is 2. The number of carbonyl (C=O) groups is 1. The first-order valence-electron chi connectivity index (χ1n) is 13.3. The SMILES string of the molecule is COc1cc(C(=O)N2CCN(CCC3(C)CCc4c(C)c(OC)c(C)c(C)c4O3)CC2)cc(OC)c1OC. The number of carbonyl (C=O) groups excluding carboxylic acids is 1. The average Bonchev–Trinajstić information content (AvgIpc) is 2.94. The van der Waals surface area contributed by atoms with E-state index in [1.54, 1.807) is 40.6 Å². The number of hydrogen-bond donors (Lipinski definition) is 0. The van der Waals surface area contributed by atoms with Gasteiger partial charge in [-0.05, 0) is 75.8 Å². The summed E-state index contributed by atoms with van der Waals surface area (Å²) in [4.78, 5) is 17.6. The normalized spacial score (nSPS) is 19.4. The van der Waals surface area contributed by atoms with Crippen molar-refractivity contribution in [3.05, 3.63) is 39.9 Å². The molecule has 2 aliphatic heterocycles. The summed E-state index contributed by atoms with van der Waals surface area (Å²) in [7, 11) is 6.41. The van der Waals surface area contributed by atoms with Crippen molar-refractivity contribution in [3.8, 4) is 28.7 Å². The van der Waals surface area contributed by atoms with Crippen molar-refractivity contribution in [2.75, 3.05) is 61.2 Å². The van der Waals surface area contributed by atoms with E-state index in [9.17, 15) is 4.79 Å². The van der Waals surface area contributed by atoms with Gasteiger partial charge in [-0.3, -0.25) is 9.69 Å². The molecule has 0 aromatic heterocycles. The largest absolute Gasteiger partial charge is 0.496 e. The lowest BCUT2D eigenvalue weighted by atomic mass is 9.85. The minimum absolute atomic E-state index is 0.0280. The molecule has 2 heterocycles. The number of fused-ring (bicyclic) bond motifs is 1. The first kappa shape index (κ1) is 27.9. The monoisotopic (exact) mass is 526 g/mol. The maximum absolute atomic E-state index is 13.3. The van der Waals surface area contributed by atoms with Crippen LogP contribution in [-0.2, 0) is 6.42 Å². The second-order valence-corrected chi connectivity index (χ2v) is 10.6. The number of rotatable bonds is 8. The lowest BCUT2D eigenvalue weighted by Gasteiger charge is -2.40. The van der Waals surface area contributed by atoms with Crippen LogP contribution in [0.1, 0.15) is 52.4 Å². The van der Waals surface area contributed by atoms with Crippen LogP contribution in [-0.4, -0.2) is 82.5 Å². The van der Waals surface area contributed by atoms with Crippen molar-refractivity contribution in [2.45, 2.75) is 52.6 Å². The molecule has 38 heavy (non-hydrogen) atoms. The second-order valence-electron chi connectivity index (χ2n) is 10.6. The van der Waals surface area contributed by atoms with E-state index in [-0.39, 0.29) is 11.5 Å². The minimum atomic E-state index is -0.214. The highest BCUT2D eigenvalue weighted by molar-refractivity contribution is 5.95. The summed E-state index contributed by atoms with van der Waals surface area (Å²) in [6.07, 6.45) is 2.91. The Morgan fingerprint density at radius 3 is 2.03 bits per heavy atom. The third-order valence-electron chi connectivity index (χ3n) is 8.30. The topological polar surface area (TPSA) is 69.7 Å². The Balaban J connectivity index is 1.36. The highest BCUT2D eigenvalue weighted by Crippen LogP contribution is 2.44. The predicted octanol–water partition coefficient (Wildman–Crippen LogP) is 4.58. The summed E-state index contributed by atoms with van der Waals surface area (Å²) in [5.41, 5.74) is 5.12. The first-order chi connectivity index (χ1) is 18.2. The lowest BCUT2D eigenvalue weighted by Crippen LogP contribution is -2.50. The molecular weight excluding hydrogens is 484 g/mol. The van der Waals surface area contributed by atoms with Gasteiger partial charge in [0.1, 0.15) is 17.1 Å². The molecule has 4 rings (SSSR count). The van der Waals surface area contributed by atoms with Gasteiger partial charge in [-0.2, -0.15) is 0 Å². The molecule has 1 atom stereocenters. The smallest absolute Gasteiger partial charge is 0.254 e. The van der Waals surface area contributed by atoms with E-state index < -0.39 is 0 Å². The van der Waals surface area contributed by atoms with Gasteiger partial charge in [0.25, 0.3) is 5.91 Å². The fraction of sp³-hybridized carbons (Fsp3) is 0.567. The van der Waals surface area contributed by atoms with Gasteiger partial charge in [0.15, 0.2) is 11.5 Å². The summed E-state index contributed by atoms with van der Waals surface area (Å²) < 4.78 is 28.6. The zero-order valence-corrected chi connectivity index (χ0v) is 24.2. The van der Waals surface area contributed by atoms with Gasteiger partial charge in [-0.1, -0.05) is 0 Å². The third kappa shape index (κ3) is 5.23. The summed E-state index contributed by atoms with van der Waals surface area (Å²) in [6, 6.07) is 3.44. The van der Waals surface area contributed by atoms with Crippen molar-refractivity contribution in [1.82, 2.24) is 9.80 Å². The molecule has 2 aliphatic rings. The lowest BCUT2D eigenvalue weighted by molar-refractivity contribution is 0.0337. The summed E-state index contributed by atoms with van der Waals surface area (Å²) in [5.74, 6) is 3.44. The van der Waals surface area contributed by atoms with Gasteiger partial charge in [-0.15, -0.1) is 0 Å². The molecule has 0 N–H and O–H groups in total. The van der Waals surface area contributed by atoms with Crippen molar-refractivity contribution < 1.29 is 28.5 Å². The zero-order chi connectivity index (χ0) is 27.6. The number of piperazine rings is 1. The Morgan fingerprint density at radius 1 is 0.868 bits per heavy atom. The Bertz CT molecular complexity index is 1160. The molecule has 0 bridgehead atoms. The molecule has 1 unspecified atom stereocenters. The van der Waals surface area contributed by atoms with Gasteiger partial charge >= 0.3 is 0 Å². The van der Waals surface area contributed by atoms with Crippen LogP contribution in [0.4, 0.5) is 0 Å². The maximum atomic E-state index is 13.3. The number of methoxy groups -OCH3 is 4. The molecule has 1 fully saturated rings. The highest BCUT2D eigenvalue weighted by Gasteiger charge is 2.35. The van der Waals surface area contributed by atoms with Crippen LogP contribution in [0, 0.1) is 20.8 Å². The van der Waals surface area contributed by atoms with Crippen molar-refractivity contribution in [1.29, 1.82) is 0 Å². The fourth-order valence-corrected chi connectivity index (χ4v) is 5.72. The standard InChI is InChI=1S/C30H42N2O6/c1-19-20(2)27-23(21(3)26(19)36-7)9-10-30(4,38-27)11-12-31-13-15-32(16-14-31)29(33)22-17-24(34-5)28(37-8)25(18-22)35-6/h17-18H,9-16H2,1-8H3. The van der Waals surface area contributed by atoms with Crippen molar-refractivity contribution in [2.24, 2.45) is 0 Å². The van der Waals surface area contributed by atoms with E-state index >= 15 is 0 Å². The molecule has 8 nitrogen and oxygen atoms in total. The van der Waals surface area contributed by atoms with Crippen molar-refractivity contribution in [3.63, 3.8) is 0 Å². The summed E-state index contributed by atoms with van der Waals surface area (Å²) in [5, 5.41) is 0. The first-order valence-corrected chi connectivity index (χ1v) is 13.3. The van der Waals surface area contributed by atoms with Gasteiger partial charge in [0.2, 0.25) is 5.75 Å². The predicted molar refractivity (Wildman–Crippen MR) is 148 cm³/mol. The Labute approximate surface area is 226 Å². The summed E-state index contributed by atoms with van der Waals surface area (Å²) in [6.45, 7) is 12.5. The number of nitrogens with zero attached hydrogens (tertiary/aromatic N) is 2. The Morgan fingerprint density at radius 2 is 1.47 bits per heavy atom. The minimum Gasteiger partial charge on any atom is -0.496 e. The molecule has 208 valence electrons. The maximum Gasteiger partial charge on any atom is 0.254 e. The van der Waals surface area contributed by atoms with E-state index in [1.165, 1.54) is 16.7 Å². The van der Waals surface area contributed by atoms with Gasteiger partial charge in [-0.25, -0.2) is 0 Å². The molecule has 1 saturated heterocycles. The van der Waals surface area contributed by atoms with Crippen LogP contribution in [0.3, 0.4) is 0 Å². The molecule has 8 heteroatoms. The molecule has 2 aromatic carbocycles. The molecule has 2 aromatic rings. The molecule has 0 saturated carbocycles. The molecule has 0 spiro atoms. The van der Waals surface area contributed by atoms with Crippen LogP contribution >= 0.6 is 0 Å². The number of hydrogen-bond acceptors (Lipinski definition) is 7. The van der Waals surface area contributed by atoms with Crippen LogP contribution in [0.15, 0.2) is 12.1 Å². The third-order valence-corrected chi connectivity index (χ3v) is 8.30. The van der Waals surface area contributed by atoms with Crippen LogP contribution < -0.4 is 23.7 Å². The van der Waals surface area contributed by atoms with Gasteiger partial charge < -0.3 is 28.6 Å². The van der Waals surface area contributed by atoms with E-state index in [0.717, 1.165) is 56.0 Å². The van der Waals surface area contributed by atoms with Crippen LogP contribution in [0.25, 0.3) is 0 Å². The fourth-order valence-electron chi connectivity index (χ4n) is 5.72. The number of ether oxygens (including phenoxy) is 5. The summed E-state index contributed by atoms with van der Waals surface area (Å²) >= 11 is 0. The van der Waals surface area contributed by atoms with E-state index in [4.69, 9.17) is 23.7 Å². The molecule has 0 radical (unpaired) electrons. The van der Waals surface area contributed by atoms with E-state index in [2.05, 4.69) is 32.6 Å². The molecular formula is C30H42N2O6. The number of amides is 1. The quantitative estimate of drug-likeness (QED) is 0.499. The molecule has 0 aliphatic carbocycles. The van der Waals surface area contributed by atoms with Gasteiger partial charge in [0, 0.05) is 43.9 Å². The van der Waals surface area contributed by atoms with E-state index in [0.29, 0.717) is 35.9 Å². The van der Waals surface area contributed by atoms with Crippen LogP contribution in [0.2, 0.25) is 0 Å². The van der Waals surface area contributed by atoms with Gasteiger partial charge in [0.05, 0.1) is 28.4 Å². The van der Waals surface area contributed by atoms with E-state index in [1.807, 2.05) is 4.90 Å². The zero-order valence-electron chi connectivity index (χ0n) is 24.2. The Kier molecular flexibility index (Phi) is 8.31. The second kappa shape index (κ2) is 11.3. The van der Waals surface area contributed by atoms with Crippen molar-refractivity contribution >= 4 is 5.91 Å². The highest BCUT2D eigenvalue weighted by atomic mass is 16.5. The van der Waals surface area contributed by atoms with Crippen LogP contribution in [0.5, 0.6) is 28.7 Å². The average molecular weight is 527 g/mol.